The lowest BCUT2D eigenvalue weighted by Crippen LogP contribution is -2.42. The number of hydrogen-bond acceptors (Lipinski definition) is 2. The molecule has 0 fully saturated rings. The van der Waals surface area contributed by atoms with Crippen molar-refractivity contribution in [2.45, 2.75) is 26.3 Å². The Morgan fingerprint density at radius 1 is 1.42 bits per heavy atom. The number of nitrogens with one attached hydrogen (secondary N) is 1. The van der Waals surface area contributed by atoms with Gasteiger partial charge in [-0.1, -0.05) is 0 Å². The quantitative estimate of drug-likeness (QED) is 0.375. The van der Waals surface area contributed by atoms with Crippen molar-refractivity contribution in [3.05, 3.63) is 0 Å². The van der Waals surface area contributed by atoms with Gasteiger partial charge >= 0.3 is 0 Å². The molecule has 1 amide bonds. The predicted molar refractivity (Wildman–Crippen MR) is 48.6 cm³/mol. The first kappa shape index (κ1) is 10.7. The van der Waals surface area contributed by atoms with Crippen molar-refractivity contribution >= 4 is 11.9 Å². The van der Waals surface area contributed by atoms with E-state index in [0.717, 1.165) is 0 Å². The number of carbonyl (C=O) groups excluding carboxylic acids is 1. The van der Waals surface area contributed by atoms with Crippen LogP contribution in [0.1, 0.15) is 20.8 Å². The summed E-state index contributed by atoms with van der Waals surface area (Å²) < 4.78 is 0. The molecule has 0 unspecified atom stereocenters. The Labute approximate surface area is 72.2 Å². The molecule has 5 nitrogen and oxygen atoms in total. The van der Waals surface area contributed by atoms with Crippen LogP contribution in [0.25, 0.3) is 0 Å². The van der Waals surface area contributed by atoms with E-state index in [2.05, 4.69) is 10.3 Å². The molecule has 0 aliphatic heterocycles. The molecule has 0 bridgehead atoms. The maximum Gasteiger partial charge on any atom is 0.242 e. The minimum absolute atomic E-state index is 0.0143. The van der Waals surface area contributed by atoms with Crippen molar-refractivity contribution in [3.63, 3.8) is 0 Å². The minimum atomic E-state index is -0.240. The van der Waals surface area contributed by atoms with Crippen LogP contribution in [0.2, 0.25) is 0 Å². The zero-order valence-corrected chi connectivity index (χ0v) is 7.72. The van der Waals surface area contributed by atoms with Crippen molar-refractivity contribution in [2.75, 3.05) is 6.54 Å². The van der Waals surface area contributed by atoms with Gasteiger partial charge in [0.1, 0.15) is 6.54 Å². The van der Waals surface area contributed by atoms with Gasteiger partial charge in [-0.15, -0.1) is 0 Å². The van der Waals surface area contributed by atoms with Gasteiger partial charge in [0.15, 0.2) is 5.96 Å². The first-order chi connectivity index (χ1) is 5.31. The number of carbonyl (C=O) groups is 1. The molecular weight excluding hydrogens is 156 g/mol. The summed E-state index contributed by atoms with van der Waals surface area (Å²) in [5, 5.41) is 2.72. The van der Waals surface area contributed by atoms with E-state index in [0.29, 0.717) is 0 Å². The number of amides is 1. The van der Waals surface area contributed by atoms with Crippen LogP contribution >= 0.6 is 0 Å². The molecule has 0 aliphatic carbocycles. The standard InChI is InChI=1S/C7H16N4O/c1-7(2,3)11-5(12)4-10-6(8)9/h4H2,1-3H3,(H,11,12)(H4,8,9,10). The Balaban J connectivity index is 3.84. The first-order valence-corrected chi connectivity index (χ1v) is 3.67. The number of hydrogen-bond donors (Lipinski definition) is 3. The third kappa shape index (κ3) is 6.85. The summed E-state index contributed by atoms with van der Waals surface area (Å²) >= 11 is 0. The number of rotatable bonds is 2. The smallest absolute Gasteiger partial charge is 0.242 e. The van der Waals surface area contributed by atoms with Crippen molar-refractivity contribution in [3.8, 4) is 0 Å². The second-order valence-electron chi connectivity index (χ2n) is 3.54. The van der Waals surface area contributed by atoms with Gasteiger partial charge in [-0.3, -0.25) is 4.79 Å². The normalized spacial score (nSPS) is 10.6. The Morgan fingerprint density at radius 2 is 1.92 bits per heavy atom. The number of guanidine groups is 1. The lowest BCUT2D eigenvalue weighted by atomic mass is 10.1. The van der Waals surface area contributed by atoms with Gasteiger partial charge in [0.05, 0.1) is 0 Å². The van der Waals surface area contributed by atoms with Crippen LogP contribution in [-0.2, 0) is 4.79 Å². The number of aliphatic imine (C=N–C) groups is 1. The highest BCUT2D eigenvalue weighted by atomic mass is 16.2. The first-order valence-electron chi connectivity index (χ1n) is 3.67. The highest BCUT2D eigenvalue weighted by Gasteiger charge is 2.12. The van der Waals surface area contributed by atoms with E-state index in [1.807, 2.05) is 20.8 Å². The molecule has 0 spiro atoms. The molecule has 0 radical (unpaired) electrons. The maximum absolute atomic E-state index is 11.0. The summed E-state index contributed by atoms with van der Waals surface area (Å²) in [6.45, 7) is 5.65. The zero-order valence-electron chi connectivity index (χ0n) is 7.72. The second kappa shape index (κ2) is 3.94. The van der Waals surface area contributed by atoms with Crippen LogP contribution in [0, 0.1) is 0 Å². The highest BCUT2D eigenvalue weighted by Crippen LogP contribution is 1.97. The fourth-order valence-corrected chi connectivity index (χ4v) is 0.621. The van der Waals surface area contributed by atoms with E-state index >= 15 is 0 Å². The number of nitrogens with zero attached hydrogens (tertiary/aromatic N) is 1. The van der Waals surface area contributed by atoms with Crippen LogP contribution in [0.5, 0.6) is 0 Å². The lowest BCUT2D eigenvalue weighted by Gasteiger charge is -2.19. The average molecular weight is 172 g/mol. The van der Waals surface area contributed by atoms with Crippen molar-refractivity contribution in [1.29, 1.82) is 0 Å². The molecule has 5 N–H and O–H groups in total. The van der Waals surface area contributed by atoms with E-state index in [-0.39, 0.29) is 24.0 Å². The molecule has 5 heteroatoms. The molecule has 0 saturated heterocycles. The molecule has 0 rings (SSSR count). The van der Waals surface area contributed by atoms with Gasteiger partial charge in [0.2, 0.25) is 5.91 Å². The Hall–Kier alpha value is -1.26. The molecule has 0 aromatic heterocycles. The fourth-order valence-electron chi connectivity index (χ4n) is 0.621. The van der Waals surface area contributed by atoms with Crippen LogP contribution < -0.4 is 16.8 Å². The molecule has 0 aromatic carbocycles. The van der Waals surface area contributed by atoms with E-state index in [1.165, 1.54) is 0 Å². The van der Waals surface area contributed by atoms with Crippen LogP contribution in [0.3, 0.4) is 0 Å². The molecule has 70 valence electrons. The third-order valence-electron chi connectivity index (χ3n) is 0.920. The van der Waals surface area contributed by atoms with Crippen LogP contribution in [-0.4, -0.2) is 24.0 Å². The summed E-state index contributed by atoms with van der Waals surface area (Å²) in [6.07, 6.45) is 0. The molecule has 0 saturated carbocycles. The molecule has 0 heterocycles. The van der Waals surface area contributed by atoms with Crippen LogP contribution in [0.15, 0.2) is 4.99 Å². The fraction of sp³-hybridized carbons (Fsp3) is 0.714. The van der Waals surface area contributed by atoms with Gasteiger partial charge in [0.25, 0.3) is 0 Å². The Morgan fingerprint density at radius 3 is 2.25 bits per heavy atom. The molecule has 0 atom stereocenters. The van der Waals surface area contributed by atoms with Gasteiger partial charge < -0.3 is 16.8 Å². The summed E-state index contributed by atoms with van der Waals surface area (Å²) in [4.78, 5) is 14.6. The SMILES string of the molecule is CC(C)(C)NC(=O)CN=C(N)N. The number of nitrogens with two attached hydrogens (primary N) is 2. The minimum Gasteiger partial charge on any atom is -0.370 e. The van der Waals surface area contributed by atoms with Crippen molar-refractivity contribution < 1.29 is 4.79 Å². The second-order valence-corrected chi connectivity index (χ2v) is 3.54. The van der Waals surface area contributed by atoms with E-state index < -0.39 is 0 Å². The predicted octanol–water partition coefficient (Wildman–Crippen LogP) is -0.825. The average Bonchev–Trinajstić information content (AvgIpc) is 1.79. The van der Waals surface area contributed by atoms with Crippen molar-refractivity contribution in [2.24, 2.45) is 16.5 Å². The monoisotopic (exact) mass is 172 g/mol. The van der Waals surface area contributed by atoms with Gasteiger partial charge in [-0.05, 0) is 20.8 Å². The summed E-state index contributed by atoms with van der Waals surface area (Å²) in [5.74, 6) is -0.255. The summed E-state index contributed by atoms with van der Waals surface area (Å²) in [6, 6.07) is 0. The third-order valence-corrected chi connectivity index (χ3v) is 0.920. The maximum atomic E-state index is 11.0. The molecule has 12 heavy (non-hydrogen) atoms. The molecule has 0 aliphatic rings. The Bertz CT molecular complexity index is 188. The Kier molecular flexibility index (Phi) is 3.53. The van der Waals surface area contributed by atoms with E-state index in [1.54, 1.807) is 0 Å². The van der Waals surface area contributed by atoms with E-state index in [9.17, 15) is 4.79 Å². The summed E-state index contributed by atoms with van der Waals surface area (Å²) in [5.41, 5.74) is 9.86. The lowest BCUT2D eigenvalue weighted by molar-refractivity contribution is -0.121. The van der Waals surface area contributed by atoms with E-state index in [4.69, 9.17) is 11.5 Å². The molecule has 0 aromatic rings. The van der Waals surface area contributed by atoms with Crippen LogP contribution in [0.4, 0.5) is 0 Å². The highest BCUT2D eigenvalue weighted by molar-refractivity contribution is 5.83. The van der Waals surface area contributed by atoms with Gasteiger partial charge in [-0.2, -0.15) is 0 Å². The van der Waals surface area contributed by atoms with Crippen molar-refractivity contribution in [1.82, 2.24) is 5.32 Å². The van der Waals surface area contributed by atoms with Gasteiger partial charge in [0, 0.05) is 5.54 Å². The largest absolute Gasteiger partial charge is 0.370 e. The summed E-state index contributed by atoms with van der Waals surface area (Å²) in [7, 11) is 0. The topological polar surface area (TPSA) is 93.5 Å². The van der Waals surface area contributed by atoms with Gasteiger partial charge in [-0.25, -0.2) is 4.99 Å². The molecular formula is C7H16N4O. The zero-order chi connectivity index (χ0) is 9.78.